The topological polar surface area (TPSA) is 95.8 Å². The Morgan fingerprint density at radius 1 is 1.26 bits per heavy atom. The van der Waals surface area contributed by atoms with Crippen LogP contribution in [0.5, 0.6) is 0 Å². The summed E-state index contributed by atoms with van der Waals surface area (Å²) in [6.07, 6.45) is 3.92. The van der Waals surface area contributed by atoms with Crippen molar-refractivity contribution in [3.05, 3.63) is 54.4 Å². The molecule has 1 atom stereocenters. The van der Waals surface area contributed by atoms with Gasteiger partial charge in [-0.3, -0.25) is 9.47 Å². The summed E-state index contributed by atoms with van der Waals surface area (Å²) in [5, 5.41) is 29.3. The van der Waals surface area contributed by atoms with Gasteiger partial charge in [-0.25, -0.2) is 0 Å². The van der Waals surface area contributed by atoms with E-state index in [0.717, 1.165) is 18.1 Å². The van der Waals surface area contributed by atoms with Crippen LogP contribution in [-0.2, 0) is 12.1 Å². The number of para-hydroxylation sites is 1. The summed E-state index contributed by atoms with van der Waals surface area (Å²) in [6.45, 7) is 1.89. The minimum absolute atomic E-state index is 0.501. The number of aromatic amines is 1. The number of β-amino-alcohol motifs (C(OH)–C–C–N with tert-alkyl or cyclic N) is 1. The van der Waals surface area contributed by atoms with Crippen LogP contribution < -0.4 is 0 Å². The minimum atomic E-state index is -0.954. The van der Waals surface area contributed by atoms with Crippen molar-refractivity contribution in [1.29, 1.82) is 0 Å². The molecule has 1 aliphatic heterocycles. The SMILES string of the molecule is OC1(c2cn[nH]n2)CCN(Cc2nncn2-c2ccccc2)C1. The van der Waals surface area contributed by atoms with Gasteiger partial charge in [0.2, 0.25) is 0 Å². The van der Waals surface area contributed by atoms with Crippen LogP contribution in [0.2, 0.25) is 0 Å². The highest BCUT2D eigenvalue weighted by Crippen LogP contribution is 2.30. The highest BCUT2D eigenvalue weighted by atomic mass is 16.3. The first-order chi connectivity index (χ1) is 11.2. The maximum atomic E-state index is 10.7. The average Bonchev–Trinajstić information content (AvgIpc) is 3.30. The maximum Gasteiger partial charge on any atom is 0.151 e. The molecule has 0 aliphatic carbocycles. The van der Waals surface area contributed by atoms with Crippen molar-refractivity contribution in [2.75, 3.05) is 13.1 Å². The Labute approximate surface area is 132 Å². The van der Waals surface area contributed by atoms with E-state index in [1.807, 2.05) is 34.9 Å². The Hall–Kier alpha value is -2.58. The maximum absolute atomic E-state index is 10.7. The molecule has 0 spiro atoms. The Bertz CT molecular complexity index is 770. The number of likely N-dealkylation sites (tertiary alicyclic amines) is 1. The van der Waals surface area contributed by atoms with Gasteiger partial charge in [0.05, 0.1) is 12.7 Å². The summed E-state index contributed by atoms with van der Waals surface area (Å²) in [5.74, 6) is 0.848. The smallest absolute Gasteiger partial charge is 0.151 e. The van der Waals surface area contributed by atoms with Gasteiger partial charge in [-0.05, 0) is 18.6 Å². The molecule has 2 N–H and O–H groups in total. The standard InChI is InChI=1S/C15H17N7O/c23-15(13-8-16-20-18-13)6-7-21(10-15)9-14-19-17-11-22(14)12-4-2-1-3-5-12/h1-5,8,11,23H,6-7,9-10H2,(H,16,18,20). The van der Waals surface area contributed by atoms with Crippen LogP contribution in [-0.4, -0.2) is 53.3 Å². The number of rotatable bonds is 4. The van der Waals surface area contributed by atoms with Crippen LogP contribution in [0.1, 0.15) is 17.9 Å². The first kappa shape index (κ1) is 14.0. The lowest BCUT2D eigenvalue weighted by Crippen LogP contribution is -2.31. The molecule has 1 unspecified atom stereocenters. The molecule has 0 bridgehead atoms. The number of aromatic nitrogens is 6. The second-order valence-corrected chi connectivity index (χ2v) is 5.80. The predicted molar refractivity (Wildman–Crippen MR) is 81.5 cm³/mol. The van der Waals surface area contributed by atoms with Crippen molar-refractivity contribution in [3.63, 3.8) is 0 Å². The fraction of sp³-hybridized carbons (Fsp3) is 0.333. The third-order valence-corrected chi connectivity index (χ3v) is 4.24. The van der Waals surface area contributed by atoms with E-state index in [4.69, 9.17) is 0 Å². The number of aliphatic hydroxyl groups is 1. The zero-order valence-corrected chi connectivity index (χ0v) is 12.5. The van der Waals surface area contributed by atoms with Crippen LogP contribution >= 0.6 is 0 Å². The van der Waals surface area contributed by atoms with Gasteiger partial charge in [0, 0.05) is 18.8 Å². The summed E-state index contributed by atoms with van der Waals surface area (Å²) in [7, 11) is 0. The molecule has 1 saturated heterocycles. The summed E-state index contributed by atoms with van der Waals surface area (Å²) in [5.41, 5.74) is 0.660. The normalized spacial score (nSPS) is 21.8. The number of hydrogen-bond donors (Lipinski definition) is 2. The molecule has 3 aromatic rings. The molecule has 23 heavy (non-hydrogen) atoms. The molecular formula is C15H17N7O. The molecule has 8 nitrogen and oxygen atoms in total. The van der Waals surface area contributed by atoms with Crippen LogP contribution in [0.25, 0.3) is 5.69 Å². The number of nitrogens with zero attached hydrogens (tertiary/aromatic N) is 6. The molecule has 4 rings (SSSR count). The van der Waals surface area contributed by atoms with Crippen molar-refractivity contribution >= 4 is 0 Å². The zero-order chi connectivity index (χ0) is 15.7. The van der Waals surface area contributed by atoms with Gasteiger partial charge in [0.25, 0.3) is 0 Å². The molecule has 3 heterocycles. The van der Waals surface area contributed by atoms with Crippen LogP contribution in [0, 0.1) is 0 Å². The number of benzene rings is 1. The second-order valence-electron chi connectivity index (χ2n) is 5.80. The first-order valence-electron chi connectivity index (χ1n) is 7.50. The fourth-order valence-electron chi connectivity index (χ4n) is 3.01. The minimum Gasteiger partial charge on any atom is -0.382 e. The van der Waals surface area contributed by atoms with Crippen molar-refractivity contribution in [3.8, 4) is 5.69 Å². The summed E-state index contributed by atoms with van der Waals surface area (Å²) >= 11 is 0. The highest BCUT2D eigenvalue weighted by Gasteiger charge is 2.40. The summed E-state index contributed by atoms with van der Waals surface area (Å²) in [4.78, 5) is 2.15. The number of H-pyrrole nitrogens is 1. The Balaban J connectivity index is 1.51. The van der Waals surface area contributed by atoms with E-state index in [1.165, 1.54) is 0 Å². The third-order valence-electron chi connectivity index (χ3n) is 4.24. The Morgan fingerprint density at radius 3 is 2.91 bits per heavy atom. The molecule has 1 aromatic carbocycles. The molecule has 0 saturated carbocycles. The van der Waals surface area contributed by atoms with Gasteiger partial charge in [-0.2, -0.15) is 15.4 Å². The van der Waals surface area contributed by atoms with E-state index in [1.54, 1.807) is 12.5 Å². The van der Waals surface area contributed by atoms with Crippen molar-refractivity contribution in [2.24, 2.45) is 0 Å². The van der Waals surface area contributed by atoms with Crippen molar-refractivity contribution in [1.82, 2.24) is 35.1 Å². The number of hydrogen-bond acceptors (Lipinski definition) is 6. The fourth-order valence-corrected chi connectivity index (χ4v) is 3.01. The van der Waals surface area contributed by atoms with Gasteiger partial charge >= 0.3 is 0 Å². The van der Waals surface area contributed by atoms with Crippen LogP contribution in [0.15, 0.2) is 42.9 Å². The van der Waals surface area contributed by atoms with Crippen molar-refractivity contribution in [2.45, 2.75) is 18.6 Å². The van der Waals surface area contributed by atoms with E-state index >= 15 is 0 Å². The average molecular weight is 311 g/mol. The van der Waals surface area contributed by atoms with Gasteiger partial charge in [0.1, 0.15) is 17.6 Å². The molecule has 8 heteroatoms. The molecule has 2 aromatic heterocycles. The number of nitrogens with one attached hydrogen (secondary N) is 1. The lowest BCUT2D eigenvalue weighted by Gasteiger charge is -2.20. The molecule has 118 valence electrons. The van der Waals surface area contributed by atoms with Crippen molar-refractivity contribution < 1.29 is 5.11 Å². The quantitative estimate of drug-likeness (QED) is 0.727. The zero-order valence-electron chi connectivity index (χ0n) is 12.5. The predicted octanol–water partition coefficient (Wildman–Crippen LogP) is 0.479. The van der Waals surface area contributed by atoms with E-state index in [9.17, 15) is 5.11 Å². The lowest BCUT2D eigenvalue weighted by atomic mass is 10.0. The molecule has 0 amide bonds. The Morgan fingerprint density at radius 2 is 2.13 bits per heavy atom. The van der Waals surface area contributed by atoms with Gasteiger partial charge in [-0.15, -0.1) is 10.2 Å². The van der Waals surface area contributed by atoms with Gasteiger partial charge in [-0.1, -0.05) is 18.2 Å². The summed E-state index contributed by atoms with van der Waals surface area (Å²) < 4.78 is 1.97. The largest absolute Gasteiger partial charge is 0.382 e. The molecule has 1 aliphatic rings. The lowest BCUT2D eigenvalue weighted by molar-refractivity contribution is 0.0405. The molecule has 0 radical (unpaired) electrons. The first-order valence-corrected chi connectivity index (χ1v) is 7.50. The van der Waals surface area contributed by atoms with E-state index in [2.05, 4.69) is 30.5 Å². The summed E-state index contributed by atoms with van der Waals surface area (Å²) in [6, 6.07) is 9.98. The van der Waals surface area contributed by atoms with E-state index < -0.39 is 5.60 Å². The van der Waals surface area contributed by atoms with Gasteiger partial charge in [0.15, 0.2) is 5.82 Å². The monoisotopic (exact) mass is 311 g/mol. The van der Waals surface area contributed by atoms with E-state index in [-0.39, 0.29) is 0 Å². The van der Waals surface area contributed by atoms with Crippen LogP contribution in [0.4, 0.5) is 0 Å². The molecular weight excluding hydrogens is 294 g/mol. The van der Waals surface area contributed by atoms with E-state index in [0.29, 0.717) is 25.2 Å². The second kappa shape index (κ2) is 5.56. The molecule has 1 fully saturated rings. The third kappa shape index (κ3) is 2.62. The van der Waals surface area contributed by atoms with Crippen LogP contribution in [0.3, 0.4) is 0 Å². The Kier molecular flexibility index (Phi) is 3.40. The van der Waals surface area contributed by atoms with Gasteiger partial charge < -0.3 is 5.11 Å². The highest BCUT2D eigenvalue weighted by molar-refractivity contribution is 5.32.